The normalized spacial score (nSPS) is 10.5. The van der Waals surface area contributed by atoms with Gasteiger partial charge in [-0.25, -0.2) is 0 Å². The maximum absolute atomic E-state index is 5.09. The molecule has 0 saturated carbocycles. The van der Waals surface area contributed by atoms with Gasteiger partial charge in [0.05, 0.1) is 5.56 Å². The molecule has 6 heteroatoms. The van der Waals surface area contributed by atoms with Crippen LogP contribution in [-0.2, 0) is 0 Å². The Labute approximate surface area is 116 Å². The van der Waals surface area contributed by atoms with Crippen molar-refractivity contribution in [2.75, 3.05) is 0 Å². The van der Waals surface area contributed by atoms with E-state index in [1.165, 1.54) is 0 Å². The van der Waals surface area contributed by atoms with Gasteiger partial charge >= 0.3 is 0 Å². The Morgan fingerprint density at radius 2 is 2.07 bits per heavy atom. The summed E-state index contributed by atoms with van der Waals surface area (Å²) in [4.78, 5) is 4.17. The summed E-state index contributed by atoms with van der Waals surface area (Å²) in [5, 5.41) is 3.75. The van der Waals surface area contributed by atoms with Crippen LogP contribution in [0.2, 0.25) is 0 Å². The van der Waals surface area contributed by atoms with Gasteiger partial charge in [0.25, 0.3) is 5.89 Å². The Kier molecular flexibility index (Phi) is 3.42. The molecular formula is C8H3BrI2N2O. The maximum atomic E-state index is 5.09. The van der Waals surface area contributed by atoms with E-state index < -0.39 is 0 Å². The summed E-state index contributed by atoms with van der Waals surface area (Å²) in [5.74, 6) is 0.556. The minimum absolute atomic E-state index is 0.556. The van der Waals surface area contributed by atoms with Crippen molar-refractivity contribution < 1.29 is 4.52 Å². The van der Waals surface area contributed by atoms with Crippen LogP contribution >= 0.6 is 61.1 Å². The summed E-state index contributed by atoms with van der Waals surface area (Å²) in [6.07, 6.45) is 0. The molecule has 1 aromatic heterocycles. The third-order valence-electron chi connectivity index (χ3n) is 1.56. The lowest BCUT2D eigenvalue weighted by Gasteiger charge is -1.98. The molecule has 0 aliphatic heterocycles. The molecule has 0 atom stereocenters. The minimum atomic E-state index is 0.556. The first-order chi connectivity index (χ1) is 6.66. The largest absolute Gasteiger partial charge is 0.333 e. The summed E-state index contributed by atoms with van der Waals surface area (Å²) in [7, 11) is 0. The van der Waals surface area contributed by atoms with Crippen LogP contribution in [-0.4, -0.2) is 10.1 Å². The van der Waals surface area contributed by atoms with Crippen molar-refractivity contribution in [3.63, 3.8) is 0 Å². The molecule has 0 N–H and O–H groups in total. The predicted molar refractivity (Wildman–Crippen MR) is 72.9 cm³/mol. The zero-order chi connectivity index (χ0) is 10.1. The second-order valence-corrected chi connectivity index (χ2v) is 5.54. The Morgan fingerprint density at radius 1 is 1.29 bits per heavy atom. The Morgan fingerprint density at radius 3 is 2.71 bits per heavy atom. The lowest BCUT2D eigenvalue weighted by Crippen LogP contribution is -1.83. The standard InChI is InChI=1S/C8H3BrI2N2O/c9-4-1-2-6(10)5(3-4)7-12-8(11)13-14-7/h1-3H. The molecule has 0 aliphatic carbocycles. The van der Waals surface area contributed by atoms with Crippen molar-refractivity contribution in [2.45, 2.75) is 0 Å². The lowest BCUT2D eigenvalue weighted by atomic mass is 10.2. The van der Waals surface area contributed by atoms with Gasteiger partial charge in [-0.15, -0.1) is 0 Å². The van der Waals surface area contributed by atoms with Crippen LogP contribution in [0.15, 0.2) is 27.2 Å². The van der Waals surface area contributed by atoms with E-state index in [9.17, 15) is 0 Å². The van der Waals surface area contributed by atoms with E-state index in [1.807, 2.05) is 40.8 Å². The van der Waals surface area contributed by atoms with Gasteiger partial charge in [0.1, 0.15) is 0 Å². The Hall–Kier alpha value is 0.300. The van der Waals surface area contributed by atoms with E-state index in [-0.39, 0.29) is 0 Å². The van der Waals surface area contributed by atoms with Crippen LogP contribution in [0.3, 0.4) is 0 Å². The van der Waals surface area contributed by atoms with Crippen molar-refractivity contribution >= 4 is 61.1 Å². The van der Waals surface area contributed by atoms with Crippen LogP contribution in [0, 0.1) is 7.40 Å². The fourth-order valence-electron chi connectivity index (χ4n) is 0.976. The quantitative estimate of drug-likeness (QED) is 0.589. The van der Waals surface area contributed by atoms with Crippen molar-refractivity contribution in [3.05, 3.63) is 30.1 Å². The predicted octanol–water partition coefficient (Wildman–Crippen LogP) is 3.71. The van der Waals surface area contributed by atoms with Gasteiger partial charge in [-0.2, -0.15) is 4.98 Å². The average Bonchev–Trinajstić information content (AvgIpc) is 2.56. The first kappa shape index (κ1) is 10.8. The van der Waals surface area contributed by atoms with Crippen molar-refractivity contribution in [2.24, 2.45) is 0 Å². The molecular weight excluding hydrogens is 474 g/mol. The highest BCUT2D eigenvalue weighted by Gasteiger charge is 2.10. The molecule has 0 spiro atoms. The fourth-order valence-corrected chi connectivity index (χ4v) is 2.22. The number of hydrogen-bond donors (Lipinski definition) is 0. The summed E-state index contributed by atoms with van der Waals surface area (Å²) in [6, 6.07) is 5.94. The van der Waals surface area contributed by atoms with Crippen molar-refractivity contribution in [1.82, 2.24) is 10.1 Å². The van der Waals surface area contributed by atoms with E-state index in [0.29, 0.717) is 9.72 Å². The van der Waals surface area contributed by atoms with Crippen LogP contribution < -0.4 is 0 Å². The van der Waals surface area contributed by atoms with E-state index in [0.717, 1.165) is 13.6 Å². The smallest absolute Gasteiger partial charge is 0.259 e. The van der Waals surface area contributed by atoms with E-state index in [2.05, 4.69) is 48.7 Å². The third kappa shape index (κ3) is 2.27. The summed E-state index contributed by atoms with van der Waals surface area (Å²) in [5.41, 5.74) is 0.954. The number of halogens is 3. The highest BCUT2D eigenvalue weighted by Crippen LogP contribution is 2.27. The number of hydrogen-bond acceptors (Lipinski definition) is 3. The second kappa shape index (κ2) is 4.44. The molecule has 0 unspecified atom stereocenters. The molecule has 14 heavy (non-hydrogen) atoms. The number of rotatable bonds is 1. The SMILES string of the molecule is Brc1ccc(I)c(-c2nc(I)no2)c1. The summed E-state index contributed by atoms with van der Waals surface area (Å²) >= 11 is 7.66. The van der Waals surface area contributed by atoms with Gasteiger partial charge < -0.3 is 4.52 Å². The molecule has 1 heterocycles. The molecule has 0 aliphatic rings. The molecule has 0 saturated heterocycles. The molecule has 2 rings (SSSR count). The average molecular weight is 477 g/mol. The minimum Gasteiger partial charge on any atom is -0.333 e. The fraction of sp³-hybridized carbons (Fsp3) is 0. The number of nitrogens with zero attached hydrogens (tertiary/aromatic N) is 2. The lowest BCUT2D eigenvalue weighted by molar-refractivity contribution is 0.425. The molecule has 0 fully saturated rings. The molecule has 72 valence electrons. The van der Waals surface area contributed by atoms with Crippen molar-refractivity contribution in [3.8, 4) is 11.5 Å². The number of aromatic nitrogens is 2. The van der Waals surface area contributed by atoms with Gasteiger partial charge in [-0.1, -0.05) is 21.1 Å². The van der Waals surface area contributed by atoms with Crippen molar-refractivity contribution in [1.29, 1.82) is 0 Å². The molecule has 0 radical (unpaired) electrons. The first-order valence-corrected chi connectivity index (χ1v) is 6.56. The second-order valence-electron chi connectivity index (χ2n) is 2.49. The van der Waals surface area contributed by atoms with Gasteiger partial charge in [0.15, 0.2) is 0 Å². The van der Waals surface area contributed by atoms with E-state index in [4.69, 9.17) is 4.52 Å². The maximum Gasteiger partial charge on any atom is 0.259 e. The topological polar surface area (TPSA) is 38.9 Å². The number of benzene rings is 1. The van der Waals surface area contributed by atoms with E-state index in [1.54, 1.807) is 0 Å². The van der Waals surface area contributed by atoms with Crippen LogP contribution in [0.25, 0.3) is 11.5 Å². The molecule has 0 amide bonds. The Balaban J connectivity index is 2.55. The zero-order valence-electron chi connectivity index (χ0n) is 6.67. The molecule has 1 aromatic carbocycles. The first-order valence-electron chi connectivity index (χ1n) is 3.61. The highest BCUT2D eigenvalue weighted by atomic mass is 127. The van der Waals surface area contributed by atoms with Gasteiger partial charge in [-0.3, -0.25) is 0 Å². The highest BCUT2D eigenvalue weighted by molar-refractivity contribution is 14.1. The summed E-state index contributed by atoms with van der Waals surface area (Å²) < 4.78 is 7.80. The van der Waals surface area contributed by atoms with Crippen LogP contribution in [0.1, 0.15) is 0 Å². The van der Waals surface area contributed by atoms with Gasteiger partial charge in [-0.05, 0) is 40.8 Å². The van der Waals surface area contributed by atoms with E-state index >= 15 is 0 Å². The molecule has 3 nitrogen and oxygen atoms in total. The van der Waals surface area contributed by atoms with Crippen LogP contribution in [0.5, 0.6) is 0 Å². The molecule has 2 aromatic rings. The monoisotopic (exact) mass is 476 g/mol. The van der Waals surface area contributed by atoms with Gasteiger partial charge in [0, 0.05) is 30.6 Å². The van der Waals surface area contributed by atoms with Crippen LogP contribution in [0.4, 0.5) is 0 Å². The summed E-state index contributed by atoms with van der Waals surface area (Å²) in [6.45, 7) is 0. The van der Waals surface area contributed by atoms with Gasteiger partial charge in [0.2, 0.25) is 3.83 Å². The molecule has 0 bridgehead atoms. The Bertz CT molecular complexity index is 472. The third-order valence-corrected chi connectivity index (χ3v) is 3.43. The zero-order valence-corrected chi connectivity index (χ0v) is 12.6.